The van der Waals surface area contributed by atoms with Crippen molar-refractivity contribution < 1.29 is 9.90 Å². The van der Waals surface area contributed by atoms with Crippen LogP contribution in [0.4, 0.5) is 0 Å². The lowest BCUT2D eigenvalue weighted by atomic mass is 10.0. The van der Waals surface area contributed by atoms with Gasteiger partial charge < -0.3 is 15.0 Å². The molecule has 6 heteroatoms. The molecule has 1 fully saturated rings. The highest BCUT2D eigenvalue weighted by Crippen LogP contribution is 2.27. The lowest BCUT2D eigenvalue weighted by molar-refractivity contribution is -0.137. The Bertz CT molecular complexity index is 441. The Balaban J connectivity index is 1.79. The van der Waals surface area contributed by atoms with E-state index >= 15 is 0 Å². The number of aromatic nitrogens is 2. The van der Waals surface area contributed by atoms with Gasteiger partial charge in [-0.15, -0.1) is 0 Å². The normalized spacial score (nSPS) is 24.4. The monoisotopic (exact) mass is 283 g/mol. The first-order valence-electron chi connectivity index (χ1n) is 6.57. The van der Waals surface area contributed by atoms with Crippen LogP contribution in [-0.2, 0) is 11.3 Å². The van der Waals surface area contributed by atoms with Gasteiger partial charge in [0.1, 0.15) is 5.82 Å². The van der Waals surface area contributed by atoms with E-state index in [1.54, 1.807) is 18.0 Å². The molecule has 5 nitrogen and oxygen atoms in total. The van der Waals surface area contributed by atoms with Crippen molar-refractivity contribution in [3.63, 3.8) is 0 Å². The maximum atomic E-state index is 11.9. The van der Waals surface area contributed by atoms with Gasteiger partial charge in [-0.2, -0.15) is 11.8 Å². The zero-order valence-corrected chi connectivity index (χ0v) is 12.2. The number of aliphatic hydroxyl groups is 1. The molecule has 2 heterocycles. The van der Waals surface area contributed by atoms with Crippen molar-refractivity contribution in [3.8, 4) is 0 Å². The largest absolute Gasteiger partial charge is 0.379 e. The molecule has 0 aliphatic carbocycles. The van der Waals surface area contributed by atoms with Gasteiger partial charge in [0.2, 0.25) is 0 Å². The molecule has 1 aliphatic heterocycles. The molecule has 106 valence electrons. The summed E-state index contributed by atoms with van der Waals surface area (Å²) >= 11 is 1.63. The zero-order chi connectivity index (χ0) is 13.9. The van der Waals surface area contributed by atoms with Crippen LogP contribution in [0.15, 0.2) is 12.4 Å². The van der Waals surface area contributed by atoms with Crippen LogP contribution in [0.2, 0.25) is 0 Å². The van der Waals surface area contributed by atoms with Crippen molar-refractivity contribution in [3.05, 3.63) is 18.2 Å². The van der Waals surface area contributed by atoms with Gasteiger partial charge in [-0.05, 0) is 25.0 Å². The van der Waals surface area contributed by atoms with Crippen molar-refractivity contribution in [1.82, 2.24) is 14.9 Å². The standard InChI is InChI=1S/C13H21N3O2S/c1-10(8-16-5-4-14-11(16)2)7-15-12(17)13(18)3-6-19-9-13/h4-5,10,18H,3,6-9H2,1-2H3,(H,15,17). The van der Waals surface area contributed by atoms with Gasteiger partial charge in [0, 0.05) is 31.2 Å². The van der Waals surface area contributed by atoms with Gasteiger partial charge in [0.25, 0.3) is 5.91 Å². The number of rotatable bonds is 5. The van der Waals surface area contributed by atoms with Crippen molar-refractivity contribution in [2.24, 2.45) is 5.92 Å². The van der Waals surface area contributed by atoms with E-state index in [0.29, 0.717) is 24.6 Å². The second kappa shape index (κ2) is 5.96. The number of nitrogens with zero attached hydrogens (tertiary/aromatic N) is 2. The van der Waals surface area contributed by atoms with Gasteiger partial charge in [-0.1, -0.05) is 6.92 Å². The molecule has 2 unspecified atom stereocenters. The molecule has 0 spiro atoms. The zero-order valence-electron chi connectivity index (χ0n) is 11.4. The SMILES string of the molecule is Cc1nccn1CC(C)CNC(=O)C1(O)CCSC1. The Morgan fingerprint density at radius 2 is 2.53 bits per heavy atom. The molecule has 1 aromatic heterocycles. The van der Waals surface area contributed by atoms with E-state index < -0.39 is 5.60 Å². The van der Waals surface area contributed by atoms with Crippen LogP contribution < -0.4 is 5.32 Å². The van der Waals surface area contributed by atoms with E-state index in [0.717, 1.165) is 18.1 Å². The van der Waals surface area contributed by atoms with E-state index in [1.807, 2.05) is 13.1 Å². The smallest absolute Gasteiger partial charge is 0.252 e. The van der Waals surface area contributed by atoms with Crippen LogP contribution in [0.25, 0.3) is 0 Å². The van der Waals surface area contributed by atoms with Crippen LogP contribution in [0.5, 0.6) is 0 Å². The lowest BCUT2D eigenvalue weighted by Crippen LogP contribution is -2.48. The maximum Gasteiger partial charge on any atom is 0.252 e. The Hall–Kier alpha value is -1.01. The highest BCUT2D eigenvalue weighted by atomic mass is 32.2. The van der Waals surface area contributed by atoms with Crippen molar-refractivity contribution in [1.29, 1.82) is 0 Å². The first-order valence-corrected chi connectivity index (χ1v) is 7.73. The fourth-order valence-corrected chi connectivity index (χ4v) is 3.40. The summed E-state index contributed by atoms with van der Waals surface area (Å²) in [6, 6.07) is 0. The molecule has 1 saturated heterocycles. The summed E-state index contributed by atoms with van der Waals surface area (Å²) in [7, 11) is 0. The molecule has 0 bridgehead atoms. The quantitative estimate of drug-likeness (QED) is 0.839. The molecular weight excluding hydrogens is 262 g/mol. The topological polar surface area (TPSA) is 67.2 Å². The average Bonchev–Trinajstić information content (AvgIpc) is 2.97. The summed E-state index contributed by atoms with van der Waals surface area (Å²) in [6.45, 7) is 5.43. The fourth-order valence-electron chi connectivity index (χ4n) is 2.16. The second-order valence-corrected chi connectivity index (χ2v) is 6.38. The third-order valence-corrected chi connectivity index (χ3v) is 4.64. The van der Waals surface area contributed by atoms with Crippen molar-refractivity contribution in [2.45, 2.75) is 32.4 Å². The van der Waals surface area contributed by atoms with E-state index in [9.17, 15) is 9.90 Å². The third kappa shape index (κ3) is 3.51. The van der Waals surface area contributed by atoms with E-state index in [-0.39, 0.29) is 5.91 Å². The molecular formula is C13H21N3O2S. The van der Waals surface area contributed by atoms with Crippen LogP contribution >= 0.6 is 11.8 Å². The predicted molar refractivity (Wildman–Crippen MR) is 76.0 cm³/mol. The summed E-state index contributed by atoms with van der Waals surface area (Å²) in [5, 5.41) is 13.0. The highest BCUT2D eigenvalue weighted by molar-refractivity contribution is 7.99. The number of amides is 1. The van der Waals surface area contributed by atoms with Gasteiger partial charge in [0.15, 0.2) is 5.60 Å². The van der Waals surface area contributed by atoms with Crippen molar-refractivity contribution in [2.75, 3.05) is 18.1 Å². The first-order chi connectivity index (χ1) is 9.01. The number of carbonyl (C=O) groups excluding carboxylic acids is 1. The Morgan fingerprint density at radius 1 is 1.74 bits per heavy atom. The number of carbonyl (C=O) groups is 1. The molecule has 2 atom stereocenters. The molecule has 2 N–H and O–H groups in total. The van der Waals surface area contributed by atoms with Gasteiger partial charge in [-0.25, -0.2) is 4.98 Å². The number of nitrogens with one attached hydrogen (secondary N) is 1. The van der Waals surface area contributed by atoms with E-state index in [4.69, 9.17) is 0 Å². The fraction of sp³-hybridized carbons (Fsp3) is 0.692. The second-order valence-electron chi connectivity index (χ2n) is 5.28. The maximum absolute atomic E-state index is 11.9. The summed E-state index contributed by atoms with van der Waals surface area (Å²) in [4.78, 5) is 16.1. The number of hydrogen-bond donors (Lipinski definition) is 2. The molecule has 0 saturated carbocycles. The minimum atomic E-state index is -1.16. The van der Waals surface area contributed by atoms with E-state index in [1.165, 1.54) is 0 Å². The molecule has 0 aromatic carbocycles. The molecule has 0 radical (unpaired) electrons. The van der Waals surface area contributed by atoms with Crippen LogP contribution in [0.1, 0.15) is 19.2 Å². The Morgan fingerprint density at radius 3 is 3.11 bits per heavy atom. The minimum Gasteiger partial charge on any atom is -0.379 e. The Kier molecular flexibility index (Phi) is 4.52. The van der Waals surface area contributed by atoms with Gasteiger partial charge in [0.05, 0.1) is 0 Å². The molecule has 1 aromatic rings. The molecule has 1 aliphatic rings. The number of imidazole rings is 1. The lowest BCUT2D eigenvalue weighted by Gasteiger charge is -2.22. The first kappa shape index (κ1) is 14.4. The minimum absolute atomic E-state index is 0.230. The third-order valence-electron chi connectivity index (χ3n) is 3.47. The summed E-state index contributed by atoms with van der Waals surface area (Å²) in [6.07, 6.45) is 4.27. The summed E-state index contributed by atoms with van der Waals surface area (Å²) in [5.41, 5.74) is -1.16. The number of aryl methyl sites for hydroxylation is 1. The van der Waals surface area contributed by atoms with Gasteiger partial charge >= 0.3 is 0 Å². The van der Waals surface area contributed by atoms with Crippen LogP contribution in [0, 0.1) is 12.8 Å². The predicted octanol–water partition coefficient (Wildman–Crippen LogP) is 0.812. The average molecular weight is 283 g/mol. The molecule has 19 heavy (non-hydrogen) atoms. The summed E-state index contributed by atoms with van der Waals surface area (Å²) in [5.74, 6) is 2.41. The van der Waals surface area contributed by atoms with E-state index in [2.05, 4.69) is 21.8 Å². The Labute approximate surface area is 117 Å². The van der Waals surface area contributed by atoms with Crippen molar-refractivity contribution >= 4 is 17.7 Å². The highest BCUT2D eigenvalue weighted by Gasteiger charge is 2.39. The van der Waals surface area contributed by atoms with Crippen LogP contribution in [0.3, 0.4) is 0 Å². The number of thioether (sulfide) groups is 1. The van der Waals surface area contributed by atoms with Crippen LogP contribution in [-0.4, -0.2) is 44.2 Å². The molecule has 2 rings (SSSR count). The molecule has 1 amide bonds. The summed E-state index contributed by atoms with van der Waals surface area (Å²) < 4.78 is 2.07. The number of hydrogen-bond acceptors (Lipinski definition) is 4. The van der Waals surface area contributed by atoms with Gasteiger partial charge in [-0.3, -0.25) is 4.79 Å².